The molecule has 2 rings (SSSR count). The van der Waals surface area contributed by atoms with Gasteiger partial charge in [0.2, 0.25) is 0 Å². The summed E-state index contributed by atoms with van der Waals surface area (Å²) in [7, 11) is 0. The monoisotopic (exact) mass is 220 g/mol. The molecule has 0 bridgehead atoms. The van der Waals surface area contributed by atoms with E-state index in [2.05, 4.69) is 41.8 Å². The molecular weight excluding hydrogens is 200 g/mol. The van der Waals surface area contributed by atoms with E-state index in [1.807, 2.05) is 33.8 Å². The molecule has 15 heavy (non-hydrogen) atoms. The van der Waals surface area contributed by atoms with Gasteiger partial charge in [0.15, 0.2) is 0 Å². The highest BCUT2D eigenvalue weighted by Crippen LogP contribution is 2.23. The molecule has 0 N–H and O–H groups in total. The maximum atomic E-state index is 2.14. The van der Waals surface area contributed by atoms with Crippen LogP contribution in [0.5, 0.6) is 0 Å². The van der Waals surface area contributed by atoms with Gasteiger partial charge in [-0.05, 0) is 17.0 Å². The van der Waals surface area contributed by atoms with Gasteiger partial charge in [-0.2, -0.15) is 0 Å². The highest BCUT2D eigenvalue weighted by molar-refractivity contribution is 7.13. The lowest BCUT2D eigenvalue weighted by Crippen LogP contribution is -1.67. The summed E-state index contributed by atoms with van der Waals surface area (Å²) in [5.74, 6) is 0. The molecule has 0 saturated heterocycles. The minimum Gasteiger partial charge on any atom is -0.144 e. The Balaban J connectivity index is 0.000000442. The predicted octanol–water partition coefficient (Wildman–Crippen LogP) is 5.47. The third kappa shape index (κ3) is 4.80. The van der Waals surface area contributed by atoms with Gasteiger partial charge in [-0.1, -0.05) is 64.1 Å². The summed E-state index contributed by atoms with van der Waals surface area (Å²) in [6.45, 7) is 8.00. The van der Waals surface area contributed by atoms with Gasteiger partial charge in [0.25, 0.3) is 0 Å². The standard InChI is InChI=1S/C10H8S.2C2H6/c1-2-5-9(6-3-1)10-7-4-8-11-10;2*1-2/h1-8H;2*1-2H3. The highest BCUT2D eigenvalue weighted by Gasteiger charge is 1.93. The SMILES string of the molecule is CC.CC.c1ccc(-c2cccs2)cc1. The zero-order chi connectivity index (χ0) is 11.5. The van der Waals surface area contributed by atoms with Gasteiger partial charge < -0.3 is 0 Å². The minimum absolute atomic E-state index is 1.31. The smallest absolute Gasteiger partial charge is 0.0342 e. The van der Waals surface area contributed by atoms with Gasteiger partial charge in [-0.25, -0.2) is 0 Å². The maximum Gasteiger partial charge on any atom is 0.0342 e. The van der Waals surface area contributed by atoms with Crippen LogP contribution in [-0.2, 0) is 0 Å². The summed E-state index contributed by atoms with van der Waals surface area (Å²) in [5.41, 5.74) is 1.31. The summed E-state index contributed by atoms with van der Waals surface area (Å²) in [6.07, 6.45) is 0. The van der Waals surface area contributed by atoms with E-state index < -0.39 is 0 Å². The summed E-state index contributed by atoms with van der Waals surface area (Å²) in [4.78, 5) is 1.34. The van der Waals surface area contributed by atoms with Crippen LogP contribution in [0.1, 0.15) is 27.7 Å². The molecule has 0 radical (unpaired) electrons. The summed E-state index contributed by atoms with van der Waals surface area (Å²) in [6, 6.07) is 14.6. The molecule has 0 aliphatic heterocycles. The summed E-state index contributed by atoms with van der Waals surface area (Å²) in [5, 5.41) is 2.10. The van der Waals surface area contributed by atoms with Crippen molar-refractivity contribution in [2.75, 3.05) is 0 Å². The van der Waals surface area contributed by atoms with E-state index in [0.717, 1.165) is 0 Å². The number of rotatable bonds is 1. The molecule has 0 amide bonds. The molecule has 0 unspecified atom stereocenters. The van der Waals surface area contributed by atoms with Crippen LogP contribution in [0, 0.1) is 0 Å². The lowest BCUT2D eigenvalue weighted by molar-refractivity contribution is 1.50. The molecule has 0 atom stereocenters. The molecule has 0 fully saturated rings. The van der Waals surface area contributed by atoms with Crippen LogP contribution in [0.3, 0.4) is 0 Å². The molecule has 0 spiro atoms. The Bertz CT molecular complexity index is 308. The first-order chi connectivity index (χ1) is 7.47. The van der Waals surface area contributed by atoms with Crippen molar-refractivity contribution >= 4 is 11.3 Å². The molecule has 1 heterocycles. The fourth-order valence-corrected chi connectivity index (χ4v) is 1.78. The Labute approximate surface area is 97.6 Å². The van der Waals surface area contributed by atoms with Gasteiger partial charge in [0.1, 0.15) is 0 Å². The Morgan fingerprint density at radius 3 is 1.80 bits per heavy atom. The largest absolute Gasteiger partial charge is 0.144 e. The normalized spacial score (nSPS) is 8.00. The van der Waals surface area contributed by atoms with Gasteiger partial charge >= 0.3 is 0 Å². The lowest BCUT2D eigenvalue weighted by Gasteiger charge is -1.93. The first-order valence-corrected chi connectivity index (χ1v) is 6.44. The summed E-state index contributed by atoms with van der Waals surface area (Å²) >= 11 is 1.78. The van der Waals surface area contributed by atoms with Crippen LogP contribution < -0.4 is 0 Å². The van der Waals surface area contributed by atoms with Crippen molar-refractivity contribution < 1.29 is 0 Å². The molecule has 1 aromatic carbocycles. The van der Waals surface area contributed by atoms with Crippen molar-refractivity contribution in [3.8, 4) is 10.4 Å². The predicted molar refractivity (Wildman–Crippen MR) is 72.5 cm³/mol. The second-order valence-electron chi connectivity index (χ2n) is 2.34. The topological polar surface area (TPSA) is 0 Å². The van der Waals surface area contributed by atoms with Gasteiger partial charge in [-0.15, -0.1) is 11.3 Å². The fourth-order valence-electron chi connectivity index (χ4n) is 1.05. The average Bonchev–Trinajstić information content (AvgIpc) is 2.89. The van der Waals surface area contributed by atoms with Crippen molar-refractivity contribution in [1.82, 2.24) is 0 Å². The molecule has 0 aliphatic carbocycles. The Hall–Kier alpha value is -1.08. The number of hydrogen-bond donors (Lipinski definition) is 0. The van der Waals surface area contributed by atoms with E-state index in [-0.39, 0.29) is 0 Å². The quantitative estimate of drug-likeness (QED) is 0.598. The highest BCUT2D eigenvalue weighted by atomic mass is 32.1. The van der Waals surface area contributed by atoms with E-state index in [1.54, 1.807) is 11.3 Å². The van der Waals surface area contributed by atoms with Crippen molar-refractivity contribution in [2.24, 2.45) is 0 Å². The zero-order valence-corrected chi connectivity index (χ0v) is 10.8. The van der Waals surface area contributed by atoms with Crippen molar-refractivity contribution in [3.63, 3.8) is 0 Å². The van der Waals surface area contributed by atoms with Crippen molar-refractivity contribution in [1.29, 1.82) is 0 Å². The molecule has 1 aromatic heterocycles. The van der Waals surface area contributed by atoms with E-state index in [4.69, 9.17) is 0 Å². The minimum atomic E-state index is 1.31. The second kappa shape index (κ2) is 9.47. The molecule has 1 heteroatoms. The second-order valence-corrected chi connectivity index (χ2v) is 3.29. The Kier molecular flexibility index (Phi) is 8.79. The molecule has 2 aromatic rings. The van der Waals surface area contributed by atoms with Crippen LogP contribution in [0.25, 0.3) is 10.4 Å². The number of hydrogen-bond acceptors (Lipinski definition) is 1. The number of benzene rings is 1. The lowest BCUT2D eigenvalue weighted by atomic mass is 10.2. The average molecular weight is 220 g/mol. The van der Waals surface area contributed by atoms with Gasteiger partial charge in [0.05, 0.1) is 0 Å². The molecule has 0 saturated carbocycles. The van der Waals surface area contributed by atoms with Crippen LogP contribution >= 0.6 is 11.3 Å². The van der Waals surface area contributed by atoms with Crippen LogP contribution in [-0.4, -0.2) is 0 Å². The number of thiophene rings is 1. The fraction of sp³-hybridized carbons (Fsp3) is 0.286. The third-order valence-electron chi connectivity index (χ3n) is 1.58. The molecule has 0 aliphatic rings. The summed E-state index contributed by atoms with van der Waals surface area (Å²) < 4.78 is 0. The van der Waals surface area contributed by atoms with Crippen LogP contribution in [0.4, 0.5) is 0 Å². The Morgan fingerprint density at radius 2 is 1.33 bits per heavy atom. The third-order valence-corrected chi connectivity index (χ3v) is 2.50. The maximum absolute atomic E-state index is 2.14. The van der Waals surface area contributed by atoms with Crippen molar-refractivity contribution in [2.45, 2.75) is 27.7 Å². The van der Waals surface area contributed by atoms with Gasteiger partial charge in [-0.3, -0.25) is 0 Å². The van der Waals surface area contributed by atoms with E-state index >= 15 is 0 Å². The van der Waals surface area contributed by atoms with E-state index in [9.17, 15) is 0 Å². The molecule has 82 valence electrons. The van der Waals surface area contributed by atoms with Crippen molar-refractivity contribution in [3.05, 3.63) is 47.8 Å². The Morgan fingerprint density at radius 1 is 0.733 bits per heavy atom. The first-order valence-electron chi connectivity index (χ1n) is 5.56. The zero-order valence-electron chi connectivity index (χ0n) is 10.0. The van der Waals surface area contributed by atoms with Crippen LogP contribution in [0.2, 0.25) is 0 Å². The first kappa shape index (κ1) is 13.9. The molecular formula is C14H20S. The molecule has 0 nitrogen and oxygen atoms in total. The van der Waals surface area contributed by atoms with Gasteiger partial charge in [0, 0.05) is 4.88 Å². The van der Waals surface area contributed by atoms with Crippen LogP contribution in [0.15, 0.2) is 47.8 Å². The van der Waals surface area contributed by atoms with E-state index in [1.165, 1.54) is 10.4 Å². The van der Waals surface area contributed by atoms with E-state index in [0.29, 0.717) is 0 Å².